The molecule has 1 aromatic carbocycles. The second kappa shape index (κ2) is 10.8. The fourth-order valence-electron chi connectivity index (χ4n) is 3.08. The topological polar surface area (TPSA) is 20.2 Å². The Labute approximate surface area is 137 Å². The van der Waals surface area contributed by atoms with E-state index in [9.17, 15) is 5.11 Å². The van der Waals surface area contributed by atoms with E-state index in [0.29, 0.717) is 0 Å². The molecule has 1 aromatic rings. The molecule has 22 heavy (non-hydrogen) atoms. The largest absolute Gasteiger partial charge is 0.392 e. The fourth-order valence-corrected chi connectivity index (χ4v) is 3.08. The number of unbranched alkanes of at least 4 members (excludes halogenated alkanes) is 7. The van der Waals surface area contributed by atoms with Crippen LogP contribution in [0.3, 0.4) is 0 Å². The van der Waals surface area contributed by atoms with Crippen LogP contribution in [-0.2, 0) is 13.2 Å². The Bertz CT molecular complexity index is 400. The zero-order valence-corrected chi connectivity index (χ0v) is 15.0. The third-order valence-corrected chi connectivity index (χ3v) is 4.50. The van der Waals surface area contributed by atoms with Gasteiger partial charge in [0.05, 0.1) is 27.2 Å². The molecule has 2 heteroatoms. The molecule has 1 rings (SSSR count). The summed E-state index contributed by atoms with van der Waals surface area (Å²) >= 11 is 0. The average Bonchev–Trinajstić information content (AvgIpc) is 2.50. The van der Waals surface area contributed by atoms with Crippen molar-refractivity contribution in [2.24, 2.45) is 0 Å². The summed E-state index contributed by atoms with van der Waals surface area (Å²) in [6, 6.07) is 8.27. The lowest BCUT2D eigenvalue weighted by Crippen LogP contribution is -2.39. The first-order valence-electron chi connectivity index (χ1n) is 9.08. The predicted molar refractivity (Wildman–Crippen MR) is 95.7 cm³/mol. The first-order valence-corrected chi connectivity index (χ1v) is 9.08. The molecule has 0 spiro atoms. The highest BCUT2D eigenvalue weighted by atomic mass is 16.3. The van der Waals surface area contributed by atoms with Crippen molar-refractivity contribution in [3.05, 3.63) is 35.4 Å². The molecular weight excluding hydrogens is 270 g/mol. The molecule has 1 N–H and O–H groups in total. The summed E-state index contributed by atoms with van der Waals surface area (Å²) < 4.78 is 1.01. The maximum absolute atomic E-state index is 9.44. The molecule has 0 unspecified atom stereocenters. The van der Waals surface area contributed by atoms with Gasteiger partial charge in [0, 0.05) is 5.56 Å². The highest BCUT2D eigenvalue weighted by Gasteiger charge is 2.17. The zero-order chi connectivity index (χ0) is 16.3. The van der Waals surface area contributed by atoms with Crippen LogP contribution in [0.2, 0.25) is 0 Å². The lowest BCUT2D eigenvalue weighted by molar-refractivity contribution is -0.903. The summed E-state index contributed by atoms with van der Waals surface area (Å²) in [4.78, 5) is 0. The summed E-state index contributed by atoms with van der Waals surface area (Å²) in [5.41, 5.74) is 2.36. The van der Waals surface area contributed by atoms with Crippen LogP contribution in [0.1, 0.15) is 69.4 Å². The van der Waals surface area contributed by atoms with Crippen LogP contribution in [0.25, 0.3) is 0 Å². The molecule has 0 saturated carbocycles. The highest BCUT2D eigenvalue weighted by Crippen LogP contribution is 2.16. The van der Waals surface area contributed by atoms with Gasteiger partial charge in [-0.2, -0.15) is 0 Å². The Morgan fingerprint density at radius 3 is 1.95 bits per heavy atom. The number of aliphatic hydroxyl groups excluding tert-OH is 1. The summed E-state index contributed by atoms with van der Waals surface area (Å²) in [6.45, 7) is 4.64. The van der Waals surface area contributed by atoms with Gasteiger partial charge in [-0.1, -0.05) is 69.7 Å². The Balaban J connectivity index is 2.23. The second-order valence-corrected chi connectivity index (χ2v) is 7.22. The van der Waals surface area contributed by atoms with Crippen LogP contribution in [0.5, 0.6) is 0 Å². The van der Waals surface area contributed by atoms with E-state index in [1.807, 2.05) is 12.1 Å². The number of hydrogen-bond acceptors (Lipinski definition) is 1. The Morgan fingerprint density at radius 1 is 0.818 bits per heavy atom. The number of quaternary nitrogens is 1. The number of rotatable bonds is 12. The van der Waals surface area contributed by atoms with E-state index in [-0.39, 0.29) is 6.61 Å². The third kappa shape index (κ3) is 7.95. The standard InChI is InChI=1S/C20H36NO/c1-4-5-6-7-8-9-10-13-16-21(2,3)17-19-14-11-12-15-20(19)18-22/h11-12,14-15,22H,4-10,13,16-18H2,1-3H3/q+1. The summed E-state index contributed by atoms with van der Waals surface area (Å²) in [6.07, 6.45) is 11.0. The van der Waals surface area contributed by atoms with Gasteiger partial charge in [-0.3, -0.25) is 0 Å². The number of nitrogens with zero attached hydrogens (tertiary/aromatic N) is 1. The molecule has 0 heterocycles. The van der Waals surface area contributed by atoms with E-state index in [4.69, 9.17) is 0 Å². The number of hydrogen-bond donors (Lipinski definition) is 1. The minimum atomic E-state index is 0.147. The van der Waals surface area contributed by atoms with Crippen LogP contribution in [0, 0.1) is 0 Å². The molecule has 0 aliphatic carbocycles. The summed E-state index contributed by atoms with van der Waals surface area (Å²) in [5.74, 6) is 0. The molecule has 126 valence electrons. The van der Waals surface area contributed by atoms with Crippen molar-refractivity contribution < 1.29 is 9.59 Å². The molecule has 0 radical (unpaired) electrons. The van der Waals surface area contributed by atoms with Gasteiger partial charge in [0.2, 0.25) is 0 Å². The normalized spacial score (nSPS) is 11.8. The van der Waals surface area contributed by atoms with Gasteiger partial charge in [-0.05, 0) is 18.4 Å². The van der Waals surface area contributed by atoms with E-state index in [0.717, 1.165) is 16.6 Å². The first kappa shape index (κ1) is 19.2. The molecule has 0 amide bonds. The molecule has 0 aliphatic heterocycles. The molecule has 0 fully saturated rings. The van der Waals surface area contributed by atoms with Crippen molar-refractivity contribution in [1.29, 1.82) is 0 Å². The van der Waals surface area contributed by atoms with E-state index in [2.05, 4.69) is 33.2 Å². The lowest BCUT2D eigenvalue weighted by atomic mass is 10.1. The van der Waals surface area contributed by atoms with E-state index in [1.165, 1.54) is 63.5 Å². The van der Waals surface area contributed by atoms with E-state index < -0.39 is 0 Å². The SMILES string of the molecule is CCCCCCCCCC[N+](C)(C)Cc1ccccc1CO. The summed E-state index contributed by atoms with van der Waals surface area (Å²) in [7, 11) is 4.60. The Kier molecular flexibility index (Phi) is 9.42. The van der Waals surface area contributed by atoms with Gasteiger partial charge < -0.3 is 9.59 Å². The second-order valence-electron chi connectivity index (χ2n) is 7.22. The Hall–Kier alpha value is -0.860. The van der Waals surface area contributed by atoms with Gasteiger partial charge in [0.15, 0.2) is 0 Å². The van der Waals surface area contributed by atoms with Crippen LogP contribution in [-0.4, -0.2) is 30.2 Å². The van der Waals surface area contributed by atoms with Gasteiger partial charge in [-0.25, -0.2) is 0 Å². The lowest BCUT2D eigenvalue weighted by Gasteiger charge is -2.30. The monoisotopic (exact) mass is 306 g/mol. The molecule has 0 aromatic heterocycles. The Morgan fingerprint density at radius 2 is 1.36 bits per heavy atom. The first-order chi connectivity index (χ1) is 10.6. The van der Waals surface area contributed by atoms with Gasteiger partial charge >= 0.3 is 0 Å². The van der Waals surface area contributed by atoms with Crippen LogP contribution < -0.4 is 0 Å². The van der Waals surface area contributed by atoms with Gasteiger partial charge in [0.25, 0.3) is 0 Å². The number of benzene rings is 1. The van der Waals surface area contributed by atoms with Crippen molar-refractivity contribution >= 4 is 0 Å². The molecular formula is C20H36NO+. The molecule has 0 aliphatic rings. The quantitative estimate of drug-likeness (QED) is 0.430. The third-order valence-electron chi connectivity index (χ3n) is 4.50. The van der Waals surface area contributed by atoms with Crippen LogP contribution in [0.4, 0.5) is 0 Å². The number of aliphatic hydroxyl groups is 1. The average molecular weight is 307 g/mol. The van der Waals surface area contributed by atoms with Crippen molar-refractivity contribution in [2.45, 2.75) is 71.4 Å². The minimum absolute atomic E-state index is 0.147. The van der Waals surface area contributed by atoms with Crippen molar-refractivity contribution in [3.63, 3.8) is 0 Å². The van der Waals surface area contributed by atoms with Crippen LogP contribution in [0.15, 0.2) is 24.3 Å². The molecule has 2 nitrogen and oxygen atoms in total. The van der Waals surface area contributed by atoms with Crippen molar-refractivity contribution in [1.82, 2.24) is 0 Å². The van der Waals surface area contributed by atoms with E-state index in [1.54, 1.807) is 0 Å². The van der Waals surface area contributed by atoms with Gasteiger partial charge in [-0.15, -0.1) is 0 Å². The summed E-state index contributed by atoms with van der Waals surface area (Å²) in [5, 5.41) is 9.44. The smallest absolute Gasteiger partial charge is 0.104 e. The maximum Gasteiger partial charge on any atom is 0.104 e. The predicted octanol–water partition coefficient (Wildman–Crippen LogP) is 4.90. The molecule has 0 bridgehead atoms. The molecule has 0 saturated heterocycles. The van der Waals surface area contributed by atoms with E-state index >= 15 is 0 Å². The minimum Gasteiger partial charge on any atom is -0.392 e. The fraction of sp³-hybridized carbons (Fsp3) is 0.700. The maximum atomic E-state index is 9.44. The van der Waals surface area contributed by atoms with Crippen LogP contribution >= 0.6 is 0 Å². The van der Waals surface area contributed by atoms with Crippen molar-refractivity contribution in [3.8, 4) is 0 Å². The van der Waals surface area contributed by atoms with Crippen molar-refractivity contribution in [2.75, 3.05) is 20.6 Å². The highest BCUT2D eigenvalue weighted by molar-refractivity contribution is 5.25. The van der Waals surface area contributed by atoms with Gasteiger partial charge in [0.1, 0.15) is 6.54 Å². The zero-order valence-electron chi connectivity index (χ0n) is 15.0. The molecule has 0 atom stereocenters.